The third-order valence-corrected chi connectivity index (χ3v) is 7.96. The second-order valence-electron chi connectivity index (χ2n) is 9.12. The van der Waals surface area contributed by atoms with Gasteiger partial charge in [0.25, 0.3) is 5.91 Å². The summed E-state index contributed by atoms with van der Waals surface area (Å²) in [6, 6.07) is 16.3. The number of ketones is 1. The van der Waals surface area contributed by atoms with Gasteiger partial charge in [-0.05, 0) is 38.9 Å². The summed E-state index contributed by atoms with van der Waals surface area (Å²) in [4.78, 5) is 43.2. The van der Waals surface area contributed by atoms with E-state index in [0.29, 0.717) is 34.8 Å². The highest BCUT2D eigenvalue weighted by Crippen LogP contribution is 2.44. The molecule has 37 heavy (non-hydrogen) atoms. The summed E-state index contributed by atoms with van der Waals surface area (Å²) in [5, 5.41) is 3.04. The molecule has 194 valence electrons. The van der Waals surface area contributed by atoms with Crippen molar-refractivity contribution in [1.82, 2.24) is 10.2 Å². The number of likely N-dealkylation sites (tertiary alicyclic amines) is 1. The first kappa shape index (κ1) is 26.6. The molecule has 2 amide bonds. The topological polar surface area (TPSA) is 79.0 Å². The molecule has 8 heteroatoms. The molecule has 1 N–H and O–H groups in total. The molecular formula is C29H33N3O4S. The Balaban J connectivity index is 1.56. The second kappa shape index (κ2) is 12.7. The van der Waals surface area contributed by atoms with Crippen LogP contribution in [-0.4, -0.2) is 62.8 Å². The molecule has 2 aromatic carbocycles. The Hall–Kier alpha value is -3.49. The first-order valence-electron chi connectivity index (χ1n) is 12.6. The summed E-state index contributed by atoms with van der Waals surface area (Å²) in [5.41, 5.74) is 2.74. The highest BCUT2D eigenvalue weighted by atomic mass is 32.1. The minimum absolute atomic E-state index is 0.0874. The number of hydrogen-bond donors (Lipinski definition) is 1. The number of ether oxygens (including phenoxy) is 1. The minimum atomic E-state index is -0.169. The van der Waals surface area contributed by atoms with E-state index in [1.165, 1.54) is 35.5 Å². The Bertz CT molecular complexity index is 1240. The van der Waals surface area contributed by atoms with Gasteiger partial charge < -0.3 is 19.9 Å². The molecule has 0 aliphatic carbocycles. The number of anilines is 1. The molecule has 1 saturated heterocycles. The average Bonchev–Trinajstić information content (AvgIpc) is 3.28. The van der Waals surface area contributed by atoms with E-state index in [1.807, 2.05) is 37.3 Å². The molecule has 0 bridgehead atoms. The number of rotatable bonds is 11. The van der Waals surface area contributed by atoms with Crippen LogP contribution in [0.4, 0.5) is 5.69 Å². The predicted molar refractivity (Wildman–Crippen MR) is 148 cm³/mol. The molecule has 0 saturated carbocycles. The van der Waals surface area contributed by atoms with Crippen molar-refractivity contribution < 1.29 is 19.1 Å². The zero-order chi connectivity index (χ0) is 26.2. The van der Waals surface area contributed by atoms with Crippen LogP contribution in [0, 0.1) is 6.92 Å². The number of para-hydroxylation sites is 1. The molecule has 7 nitrogen and oxygen atoms in total. The van der Waals surface area contributed by atoms with E-state index in [-0.39, 0.29) is 18.2 Å². The Morgan fingerprint density at radius 3 is 2.46 bits per heavy atom. The van der Waals surface area contributed by atoms with E-state index in [2.05, 4.69) is 10.2 Å². The first-order chi connectivity index (χ1) is 18.0. The molecular weight excluding hydrogens is 486 g/mol. The van der Waals surface area contributed by atoms with Crippen molar-refractivity contribution in [2.75, 3.05) is 44.7 Å². The Labute approximate surface area is 222 Å². The summed E-state index contributed by atoms with van der Waals surface area (Å²) < 4.78 is 5.65. The van der Waals surface area contributed by atoms with Gasteiger partial charge in [0.2, 0.25) is 6.41 Å². The lowest BCUT2D eigenvalue weighted by molar-refractivity contribution is -0.107. The molecule has 0 atom stereocenters. The number of nitrogens with one attached hydrogen (secondary N) is 1. The van der Waals surface area contributed by atoms with E-state index < -0.39 is 0 Å². The third kappa shape index (κ3) is 6.26. The highest BCUT2D eigenvalue weighted by Gasteiger charge is 2.25. The number of carbonyl (C=O) groups is 3. The molecule has 1 aliphatic rings. The fourth-order valence-electron chi connectivity index (χ4n) is 4.71. The van der Waals surface area contributed by atoms with Crippen LogP contribution in [0.2, 0.25) is 0 Å². The van der Waals surface area contributed by atoms with Gasteiger partial charge in [0.05, 0.1) is 19.3 Å². The van der Waals surface area contributed by atoms with E-state index >= 15 is 0 Å². The Morgan fingerprint density at radius 2 is 1.76 bits per heavy atom. The van der Waals surface area contributed by atoms with Gasteiger partial charge in [0, 0.05) is 34.7 Å². The number of thiophene rings is 1. The highest BCUT2D eigenvalue weighted by molar-refractivity contribution is 7.18. The van der Waals surface area contributed by atoms with E-state index in [1.54, 1.807) is 31.4 Å². The monoisotopic (exact) mass is 519 g/mol. The van der Waals surface area contributed by atoms with E-state index in [4.69, 9.17) is 4.74 Å². The molecule has 1 aliphatic heterocycles. The lowest BCUT2D eigenvalue weighted by atomic mass is 10.1. The van der Waals surface area contributed by atoms with Crippen LogP contribution in [0.3, 0.4) is 0 Å². The number of hydrogen-bond acceptors (Lipinski definition) is 6. The van der Waals surface area contributed by atoms with Crippen LogP contribution in [0.25, 0.3) is 10.4 Å². The van der Waals surface area contributed by atoms with Crippen molar-refractivity contribution >= 4 is 35.1 Å². The van der Waals surface area contributed by atoms with Crippen molar-refractivity contribution in [2.45, 2.75) is 26.2 Å². The second-order valence-corrected chi connectivity index (χ2v) is 10.1. The summed E-state index contributed by atoms with van der Waals surface area (Å²) in [6.45, 7) is 5.39. The molecule has 4 rings (SSSR count). The van der Waals surface area contributed by atoms with Gasteiger partial charge in [0.1, 0.15) is 10.6 Å². The SMILES string of the molecule is COc1c(C(=O)NCCN2CCCCC2)sc(-c2ccccc2N(C=O)CC(=O)c2ccccc2)c1C. The fourth-order valence-corrected chi connectivity index (χ4v) is 5.93. The lowest BCUT2D eigenvalue weighted by Crippen LogP contribution is -2.37. The summed E-state index contributed by atoms with van der Waals surface area (Å²) >= 11 is 1.34. The van der Waals surface area contributed by atoms with Crippen molar-refractivity contribution in [1.29, 1.82) is 0 Å². The summed E-state index contributed by atoms with van der Waals surface area (Å²) in [5.74, 6) is 0.206. The largest absolute Gasteiger partial charge is 0.495 e. The molecule has 2 heterocycles. The molecule has 3 aromatic rings. The van der Waals surface area contributed by atoms with Crippen LogP contribution in [0.1, 0.15) is 44.9 Å². The number of carbonyl (C=O) groups excluding carboxylic acids is 3. The average molecular weight is 520 g/mol. The van der Waals surface area contributed by atoms with Gasteiger partial charge >= 0.3 is 0 Å². The van der Waals surface area contributed by atoms with Crippen LogP contribution >= 0.6 is 11.3 Å². The maximum Gasteiger partial charge on any atom is 0.265 e. The Morgan fingerprint density at radius 1 is 1.05 bits per heavy atom. The molecule has 1 aromatic heterocycles. The van der Waals surface area contributed by atoms with Crippen LogP contribution < -0.4 is 15.0 Å². The van der Waals surface area contributed by atoms with Gasteiger partial charge in [0.15, 0.2) is 5.78 Å². The Kier molecular flexibility index (Phi) is 9.09. The van der Waals surface area contributed by atoms with E-state index in [0.717, 1.165) is 35.6 Å². The summed E-state index contributed by atoms with van der Waals surface area (Å²) in [7, 11) is 1.56. The quantitative estimate of drug-likeness (QED) is 0.291. The maximum absolute atomic E-state index is 13.1. The first-order valence-corrected chi connectivity index (χ1v) is 13.4. The zero-order valence-electron chi connectivity index (χ0n) is 21.4. The normalized spacial score (nSPS) is 13.7. The van der Waals surface area contributed by atoms with Crippen LogP contribution in [0.5, 0.6) is 5.75 Å². The fraction of sp³-hybridized carbons (Fsp3) is 0.345. The molecule has 0 spiro atoms. The maximum atomic E-state index is 13.1. The minimum Gasteiger partial charge on any atom is -0.495 e. The van der Waals surface area contributed by atoms with Gasteiger partial charge in [-0.2, -0.15) is 0 Å². The number of benzene rings is 2. The lowest BCUT2D eigenvalue weighted by Gasteiger charge is -2.26. The standard InChI is InChI=1S/C29H33N3O4S/c1-21-26(36-2)28(29(35)30-15-18-31-16-9-4-10-17-31)37-27(21)23-13-7-8-14-24(23)32(20-33)19-25(34)22-11-5-3-6-12-22/h3,5-8,11-14,20H,4,9-10,15-19H2,1-2H3,(H,30,35). The molecule has 1 fully saturated rings. The number of piperidine rings is 1. The number of methoxy groups -OCH3 is 1. The smallest absolute Gasteiger partial charge is 0.265 e. The van der Waals surface area contributed by atoms with Crippen molar-refractivity contribution in [3.05, 3.63) is 70.6 Å². The van der Waals surface area contributed by atoms with Gasteiger partial charge in [-0.1, -0.05) is 55.0 Å². The number of Topliss-reactive ketones (excluding diaryl/α,β-unsaturated/α-hetero) is 1. The zero-order valence-corrected chi connectivity index (χ0v) is 22.2. The van der Waals surface area contributed by atoms with Crippen LogP contribution in [0.15, 0.2) is 54.6 Å². The van der Waals surface area contributed by atoms with E-state index in [9.17, 15) is 14.4 Å². The van der Waals surface area contributed by atoms with Gasteiger partial charge in [-0.25, -0.2) is 0 Å². The number of amides is 2. The van der Waals surface area contributed by atoms with Crippen LogP contribution in [-0.2, 0) is 4.79 Å². The number of nitrogens with zero attached hydrogens (tertiary/aromatic N) is 2. The van der Waals surface area contributed by atoms with Gasteiger partial charge in [-0.3, -0.25) is 14.4 Å². The summed E-state index contributed by atoms with van der Waals surface area (Å²) in [6.07, 6.45) is 4.38. The van der Waals surface area contributed by atoms with Crippen molar-refractivity contribution in [2.24, 2.45) is 0 Å². The molecule has 0 unspecified atom stereocenters. The van der Waals surface area contributed by atoms with Crippen molar-refractivity contribution in [3.8, 4) is 16.2 Å². The van der Waals surface area contributed by atoms with Crippen molar-refractivity contribution in [3.63, 3.8) is 0 Å². The predicted octanol–water partition coefficient (Wildman–Crippen LogP) is 4.79. The molecule has 0 radical (unpaired) electrons. The third-order valence-electron chi connectivity index (χ3n) is 6.66. The van der Waals surface area contributed by atoms with Gasteiger partial charge in [-0.15, -0.1) is 11.3 Å².